The molecule has 41 heavy (non-hydrogen) atoms. The summed E-state index contributed by atoms with van der Waals surface area (Å²) >= 11 is 0. The smallest absolute Gasteiger partial charge is 0.259 e. The zero-order valence-corrected chi connectivity index (χ0v) is 22.9. The molecule has 0 aromatic rings. The van der Waals surface area contributed by atoms with Crippen molar-refractivity contribution in [3.63, 3.8) is 0 Å². The lowest BCUT2D eigenvalue weighted by Crippen LogP contribution is -2.59. The van der Waals surface area contributed by atoms with Gasteiger partial charge in [0, 0.05) is 26.1 Å². The molecule has 1 saturated carbocycles. The molecule has 0 bridgehead atoms. The SMILES string of the molecule is CC1CCCC(OC(O)/C(O)=C(/OC(O)/C(O)=C(/O)C(O)CCO)C(O)CCO)C1OC1OC(C)C(O)C(O)C1O. The second-order valence-electron chi connectivity index (χ2n) is 10.3. The number of ether oxygens (including phenoxy) is 4. The van der Waals surface area contributed by atoms with Crippen LogP contribution in [0.25, 0.3) is 0 Å². The molecule has 2 fully saturated rings. The lowest BCUT2D eigenvalue weighted by molar-refractivity contribution is -0.322. The van der Waals surface area contributed by atoms with E-state index in [2.05, 4.69) is 0 Å². The predicted octanol–water partition coefficient (Wildman–Crippen LogP) is -2.36. The Morgan fingerprint density at radius 3 is 2.00 bits per heavy atom. The van der Waals surface area contributed by atoms with Crippen LogP contribution in [0.5, 0.6) is 0 Å². The first-order valence-electron chi connectivity index (χ1n) is 13.4. The summed E-state index contributed by atoms with van der Waals surface area (Å²) < 4.78 is 22.0. The fourth-order valence-corrected chi connectivity index (χ4v) is 4.63. The molecule has 16 heteroatoms. The van der Waals surface area contributed by atoms with E-state index in [4.69, 9.17) is 24.1 Å². The number of aliphatic hydroxyl groups excluding tert-OH is 12. The standard InChI is InChI=1S/C25H44O16/c1-10-4-3-5-14(21(10)41-25-19(34)17(32)15(30)11(2)38-25)39-24(37)20(35)22(13(29)7-9-27)40-23(36)18(33)16(31)12(28)6-8-26/h10-15,17,19,21,23-37H,3-9H2,1-2H3/b18-16-,22-20-. The monoisotopic (exact) mass is 600 g/mol. The van der Waals surface area contributed by atoms with E-state index in [9.17, 15) is 56.2 Å². The maximum Gasteiger partial charge on any atom is 0.259 e. The van der Waals surface area contributed by atoms with Crippen molar-refractivity contribution in [3.8, 4) is 0 Å². The molecule has 12 N–H and O–H groups in total. The summed E-state index contributed by atoms with van der Waals surface area (Å²) in [7, 11) is 0. The molecule has 12 atom stereocenters. The molecule has 12 unspecified atom stereocenters. The van der Waals surface area contributed by atoms with E-state index in [0.717, 1.165) is 0 Å². The number of hydrogen-bond donors (Lipinski definition) is 12. The van der Waals surface area contributed by atoms with Crippen molar-refractivity contribution in [2.45, 2.75) is 114 Å². The van der Waals surface area contributed by atoms with Crippen molar-refractivity contribution in [3.05, 3.63) is 23.0 Å². The van der Waals surface area contributed by atoms with Crippen molar-refractivity contribution < 1.29 is 80.2 Å². The van der Waals surface area contributed by atoms with E-state index in [1.165, 1.54) is 6.92 Å². The molecule has 2 rings (SSSR count). The van der Waals surface area contributed by atoms with Crippen molar-refractivity contribution in [1.82, 2.24) is 0 Å². The second-order valence-corrected chi connectivity index (χ2v) is 10.3. The molecule has 16 nitrogen and oxygen atoms in total. The summed E-state index contributed by atoms with van der Waals surface area (Å²) in [6.07, 6.45) is -16.1. The fourth-order valence-electron chi connectivity index (χ4n) is 4.63. The Labute approximate surface area is 236 Å². The predicted molar refractivity (Wildman–Crippen MR) is 136 cm³/mol. The highest BCUT2D eigenvalue weighted by molar-refractivity contribution is 5.12. The molecule has 0 amide bonds. The van der Waals surface area contributed by atoms with Crippen LogP contribution in [0.15, 0.2) is 23.0 Å². The van der Waals surface area contributed by atoms with Gasteiger partial charge in [-0.2, -0.15) is 0 Å². The molecular weight excluding hydrogens is 556 g/mol. The molecule has 240 valence electrons. The molecule has 0 aromatic heterocycles. The van der Waals surface area contributed by atoms with Crippen LogP contribution in [-0.2, 0) is 18.9 Å². The van der Waals surface area contributed by atoms with Gasteiger partial charge in [-0.05, 0) is 25.7 Å². The zero-order valence-electron chi connectivity index (χ0n) is 22.9. The molecule has 1 aliphatic heterocycles. The first-order valence-corrected chi connectivity index (χ1v) is 13.4. The highest BCUT2D eigenvalue weighted by atomic mass is 16.7. The van der Waals surface area contributed by atoms with Gasteiger partial charge in [-0.25, -0.2) is 0 Å². The van der Waals surface area contributed by atoms with Crippen LogP contribution < -0.4 is 0 Å². The average Bonchev–Trinajstić information content (AvgIpc) is 2.93. The van der Waals surface area contributed by atoms with Gasteiger partial charge in [-0.1, -0.05) is 13.3 Å². The minimum atomic E-state index is -2.47. The summed E-state index contributed by atoms with van der Waals surface area (Å²) in [6, 6.07) is 0. The molecule has 0 spiro atoms. The largest absolute Gasteiger partial charge is 0.506 e. The van der Waals surface area contributed by atoms with Gasteiger partial charge in [-0.3, -0.25) is 0 Å². The van der Waals surface area contributed by atoms with Gasteiger partial charge in [0.15, 0.2) is 23.6 Å². The van der Waals surface area contributed by atoms with Crippen LogP contribution in [0.3, 0.4) is 0 Å². The van der Waals surface area contributed by atoms with Crippen LogP contribution >= 0.6 is 0 Å². The van der Waals surface area contributed by atoms with Crippen molar-refractivity contribution in [1.29, 1.82) is 0 Å². The normalized spacial score (nSPS) is 35.1. The quantitative estimate of drug-likeness (QED) is 0.0733. The van der Waals surface area contributed by atoms with Gasteiger partial charge >= 0.3 is 0 Å². The summed E-state index contributed by atoms with van der Waals surface area (Å²) in [6.45, 7) is 2.08. The van der Waals surface area contributed by atoms with Gasteiger partial charge in [0.05, 0.1) is 18.3 Å². The summed E-state index contributed by atoms with van der Waals surface area (Å²) in [5.74, 6) is -4.80. The molecule has 0 aromatic carbocycles. The fraction of sp³-hybridized carbons (Fsp3) is 0.840. The Hall–Kier alpha value is -1.80. The molecule has 0 radical (unpaired) electrons. The van der Waals surface area contributed by atoms with E-state index in [-0.39, 0.29) is 5.92 Å². The van der Waals surface area contributed by atoms with E-state index >= 15 is 0 Å². The average molecular weight is 601 g/mol. The van der Waals surface area contributed by atoms with Gasteiger partial charge in [0.25, 0.3) is 6.29 Å². The third kappa shape index (κ3) is 9.09. The third-order valence-electron chi connectivity index (χ3n) is 7.12. The van der Waals surface area contributed by atoms with Gasteiger partial charge in [0.2, 0.25) is 12.0 Å². The van der Waals surface area contributed by atoms with E-state index < -0.39 is 117 Å². The van der Waals surface area contributed by atoms with Gasteiger partial charge in [-0.15, -0.1) is 0 Å². The van der Waals surface area contributed by atoms with Crippen molar-refractivity contribution in [2.75, 3.05) is 13.2 Å². The second kappa shape index (κ2) is 16.2. The Morgan fingerprint density at radius 1 is 0.780 bits per heavy atom. The highest BCUT2D eigenvalue weighted by Gasteiger charge is 2.46. The minimum absolute atomic E-state index is 0.227. The molecule has 1 aliphatic carbocycles. The first-order chi connectivity index (χ1) is 19.2. The summed E-state index contributed by atoms with van der Waals surface area (Å²) in [4.78, 5) is 0. The van der Waals surface area contributed by atoms with Crippen LogP contribution in [0.4, 0.5) is 0 Å². The molecule has 2 aliphatic rings. The van der Waals surface area contributed by atoms with E-state index in [1.807, 2.05) is 0 Å². The Morgan fingerprint density at radius 2 is 1.39 bits per heavy atom. The third-order valence-corrected chi connectivity index (χ3v) is 7.12. The highest BCUT2D eigenvalue weighted by Crippen LogP contribution is 2.34. The van der Waals surface area contributed by atoms with Crippen LogP contribution in [-0.4, -0.2) is 142 Å². The zero-order chi connectivity index (χ0) is 31.0. The van der Waals surface area contributed by atoms with Crippen LogP contribution in [0, 0.1) is 5.92 Å². The van der Waals surface area contributed by atoms with E-state index in [0.29, 0.717) is 19.3 Å². The number of aliphatic hydroxyl groups is 12. The van der Waals surface area contributed by atoms with Crippen molar-refractivity contribution in [2.24, 2.45) is 5.92 Å². The topological polar surface area (TPSA) is 280 Å². The van der Waals surface area contributed by atoms with E-state index in [1.54, 1.807) is 6.92 Å². The maximum atomic E-state index is 10.7. The van der Waals surface area contributed by atoms with Crippen molar-refractivity contribution >= 4 is 0 Å². The van der Waals surface area contributed by atoms with Gasteiger partial charge < -0.3 is 80.2 Å². The number of hydrogen-bond acceptors (Lipinski definition) is 16. The maximum absolute atomic E-state index is 10.7. The molecule has 1 heterocycles. The lowest BCUT2D eigenvalue weighted by Gasteiger charge is -2.44. The summed E-state index contributed by atoms with van der Waals surface area (Å²) in [5.41, 5.74) is 0. The summed E-state index contributed by atoms with van der Waals surface area (Å²) in [5, 5.41) is 120. The Bertz CT molecular complexity index is 867. The number of rotatable bonds is 14. The molecule has 1 saturated heterocycles. The minimum Gasteiger partial charge on any atom is -0.506 e. The van der Waals surface area contributed by atoms with Crippen LogP contribution in [0.1, 0.15) is 46.0 Å². The first kappa shape index (κ1) is 35.4. The Kier molecular flexibility index (Phi) is 13.9. The molecular formula is C25H44O16. The lowest BCUT2D eigenvalue weighted by atomic mass is 9.85. The Balaban J connectivity index is 2.26. The van der Waals surface area contributed by atoms with Gasteiger partial charge in [0.1, 0.15) is 30.5 Å². The van der Waals surface area contributed by atoms with Crippen LogP contribution in [0.2, 0.25) is 0 Å².